The molecule has 0 saturated carbocycles. The molecule has 0 unspecified atom stereocenters. The molecule has 1 rings (SSSR count). The highest BCUT2D eigenvalue weighted by atomic mass is 32.2. The molecule has 5 nitrogen and oxygen atoms in total. The number of halogens is 3. The number of nitrogens with one attached hydrogen (secondary N) is 1. The van der Waals surface area contributed by atoms with Crippen molar-refractivity contribution < 1.29 is 31.1 Å². The van der Waals surface area contributed by atoms with E-state index in [9.17, 15) is 26.4 Å². The maximum atomic E-state index is 12.9. The van der Waals surface area contributed by atoms with Gasteiger partial charge in [0, 0.05) is 17.3 Å². The molecule has 0 spiro atoms. The van der Waals surface area contributed by atoms with E-state index in [2.05, 4.69) is 9.46 Å². The predicted octanol–water partition coefficient (Wildman–Crippen LogP) is 3.51. The molecular formula is C16H18F3NO4S. The molecular weight excluding hydrogens is 359 g/mol. The number of sulfonamides is 1. The van der Waals surface area contributed by atoms with Gasteiger partial charge >= 0.3 is 12.1 Å². The van der Waals surface area contributed by atoms with Crippen LogP contribution >= 0.6 is 0 Å². The van der Waals surface area contributed by atoms with Crippen molar-refractivity contribution in [3.63, 3.8) is 0 Å². The third-order valence-electron chi connectivity index (χ3n) is 3.30. The first-order chi connectivity index (χ1) is 11.5. The summed E-state index contributed by atoms with van der Waals surface area (Å²) in [6, 6.07) is 5.86. The van der Waals surface area contributed by atoms with Gasteiger partial charge in [-0.3, -0.25) is 4.72 Å². The second kappa shape index (κ2) is 8.19. The van der Waals surface area contributed by atoms with Crippen molar-refractivity contribution in [1.29, 1.82) is 0 Å². The quantitative estimate of drug-likeness (QED) is 0.468. The van der Waals surface area contributed by atoms with Crippen LogP contribution < -0.4 is 4.72 Å². The second-order valence-electron chi connectivity index (χ2n) is 5.01. The smallest absolute Gasteiger partial charge is 0.413 e. The minimum absolute atomic E-state index is 0.0801. The van der Waals surface area contributed by atoms with E-state index < -0.39 is 33.0 Å². The van der Waals surface area contributed by atoms with Gasteiger partial charge in [0.2, 0.25) is 10.0 Å². The number of methoxy groups -OCH3 is 1. The molecule has 0 aliphatic heterocycles. The van der Waals surface area contributed by atoms with Crippen LogP contribution in [0.15, 0.2) is 42.0 Å². The van der Waals surface area contributed by atoms with E-state index in [1.54, 1.807) is 6.07 Å². The monoisotopic (exact) mass is 377 g/mol. The maximum absolute atomic E-state index is 12.9. The summed E-state index contributed by atoms with van der Waals surface area (Å²) in [6.07, 6.45) is -1.48. The highest BCUT2D eigenvalue weighted by molar-refractivity contribution is 7.93. The highest BCUT2D eigenvalue weighted by Gasteiger charge is 2.41. The van der Waals surface area contributed by atoms with Crippen molar-refractivity contribution in [3.8, 4) is 0 Å². The maximum Gasteiger partial charge on any atom is 0.413 e. The minimum atomic E-state index is -4.74. The summed E-state index contributed by atoms with van der Waals surface area (Å²) in [7, 11) is -3.11. The lowest BCUT2D eigenvalue weighted by molar-refractivity contribution is -0.134. The molecule has 0 bridgehead atoms. The number of rotatable bonds is 6. The zero-order valence-corrected chi connectivity index (χ0v) is 14.6. The third kappa shape index (κ3) is 5.93. The number of benzene rings is 1. The second-order valence-corrected chi connectivity index (χ2v) is 7.01. The Morgan fingerprint density at radius 2 is 1.96 bits per heavy atom. The van der Waals surface area contributed by atoms with Gasteiger partial charge in [-0.1, -0.05) is 18.2 Å². The van der Waals surface area contributed by atoms with Gasteiger partial charge in [-0.05, 0) is 37.6 Å². The molecule has 9 heteroatoms. The number of hydrogen-bond acceptors (Lipinski definition) is 4. The van der Waals surface area contributed by atoms with Crippen molar-refractivity contribution in [1.82, 2.24) is 0 Å². The van der Waals surface area contributed by atoms with Crippen molar-refractivity contribution in [2.75, 3.05) is 11.8 Å². The minimum Gasteiger partial charge on any atom is -0.466 e. The van der Waals surface area contributed by atoms with Gasteiger partial charge in [0.15, 0.2) is 0 Å². The molecule has 0 aliphatic carbocycles. The van der Waals surface area contributed by atoms with Crippen LogP contribution in [0.5, 0.6) is 0 Å². The number of alkyl halides is 3. The molecule has 1 N–H and O–H groups in total. The van der Waals surface area contributed by atoms with Gasteiger partial charge in [-0.25, -0.2) is 13.2 Å². The fourth-order valence-corrected chi connectivity index (χ4v) is 3.22. The molecule has 0 heterocycles. The van der Waals surface area contributed by atoms with Gasteiger partial charge < -0.3 is 4.74 Å². The van der Waals surface area contributed by atoms with Crippen LogP contribution in [0.3, 0.4) is 0 Å². The van der Waals surface area contributed by atoms with E-state index in [0.29, 0.717) is 5.56 Å². The Kier molecular flexibility index (Phi) is 6.80. The van der Waals surface area contributed by atoms with Gasteiger partial charge in [-0.15, -0.1) is 0 Å². The average molecular weight is 377 g/mol. The van der Waals surface area contributed by atoms with Gasteiger partial charge in [-0.2, -0.15) is 13.2 Å². The molecule has 0 amide bonds. The molecule has 138 valence electrons. The first kappa shape index (κ1) is 20.8. The van der Waals surface area contributed by atoms with Crippen LogP contribution in [0.25, 0.3) is 6.08 Å². The van der Waals surface area contributed by atoms with E-state index in [0.717, 1.165) is 26.0 Å². The number of hydrogen-bond donors (Lipinski definition) is 1. The molecule has 1 atom stereocenters. The molecule has 0 fully saturated rings. The predicted molar refractivity (Wildman–Crippen MR) is 89.3 cm³/mol. The number of allylic oxidation sites excluding steroid dienone is 1. The molecule has 25 heavy (non-hydrogen) atoms. The van der Waals surface area contributed by atoms with Crippen LogP contribution in [0, 0.1) is 0 Å². The zero-order valence-electron chi connectivity index (χ0n) is 13.8. The first-order valence-corrected chi connectivity index (χ1v) is 8.67. The Balaban J connectivity index is 3.05. The summed E-state index contributed by atoms with van der Waals surface area (Å²) in [5.74, 6) is -0.595. The van der Waals surface area contributed by atoms with E-state index >= 15 is 0 Å². The fourth-order valence-electron chi connectivity index (χ4n) is 1.99. The van der Waals surface area contributed by atoms with Gasteiger partial charge in [0.25, 0.3) is 0 Å². The van der Waals surface area contributed by atoms with Crippen molar-refractivity contribution in [2.24, 2.45) is 0 Å². The SMILES string of the molecule is C/C=C(\[C@H](C)S(=O)(=O)Nc1cccc(/C=C/C(=O)OC)c1)C(F)(F)F. The number of esters is 1. The molecule has 1 aromatic rings. The lowest BCUT2D eigenvalue weighted by Crippen LogP contribution is -2.32. The van der Waals surface area contributed by atoms with Crippen molar-refractivity contribution in [2.45, 2.75) is 25.3 Å². The molecule has 0 saturated heterocycles. The van der Waals surface area contributed by atoms with Crippen LogP contribution in [0.4, 0.5) is 18.9 Å². The summed E-state index contributed by atoms with van der Waals surface area (Å²) < 4.78 is 69.7. The fraction of sp³-hybridized carbons (Fsp3) is 0.312. The Morgan fingerprint density at radius 3 is 2.48 bits per heavy atom. The lowest BCUT2D eigenvalue weighted by Gasteiger charge is -2.20. The van der Waals surface area contributed by atoms with E-state index in [1.165, 1.54) is 31.4 Å². The molecule has 0 aliphatic rings. The van der Waals surface area contributed by atoms with Crippen LogP contribution in [0.2, 0.25) is 0 Å². The first-order valence-electron chi connectivity index (χ1n) is 7.12. The third-order valence-corrected chi connectivity index (χ3v) is 5.01. The van der Waals surface area contributed by atoms with E-state index in [-0.39, 0.29) is 5.69 Å². The summed E-state index contributed by atoms with van der Waals surface area (Å²) in [5, 5.41) is -1.79. The summed E-state index contributed by atoms with van der Waals surface area (Å²) >= 11 is 0. The molecule has 0 aromatic heterocycles. The van der Waals surface area contributed by atoms with Crippen molar-refractivity contribution >= 4 is 27.8 Å². The zero-order chi connectivity index (χ0) is 19.3. The van der Waals surface area contributed by atoms with Crippen molar-refractivity contribution in [3.05, 3.63) is 47.6 Å². The molecule has 1 aromatic carbocycles. The highest BCUT2D eigenvalue weighted by Crippen LogP contribution is 2.31. The Hall–Kier alpha value is -2.29. The number of anilines is 1. The van der Waals surface area contributed by atoms with E-state index in [1.807, 2.05) is 0 Å². The Labute approximate surface area is 144 Å². The number of carbonyl (C=O) groups is 1. The van der Waals surface area contributed by atoms with Crippen LogP contribution in [-0.4, -0.2) is 32.9 Å². The number of carbonyl (C=O) groups excluding carboxylic acids is 1. The Morgan fingerprint density at radius 1 is 1.32 bits per heavy atom. The number of ether oxygens (including phenoxy) is 1. The van der Waals surface area contributed by atoms with Crippen LogP contribution in [0.1, 0.15) is 19.4 Å². The standard InChI is InChI=1S/C16H18F3NO4S/c1-4-14(16(17,18)19)11(2)25(22,23)20-13-7-5-6-12(10-13)8-9-15(21)24-3/h4-11,20H,1-3H3/b9-8+,14-4+/t11-/m0/s1. The summed E-state index contributed by atoms with van der Waals surface area (Å²) in [4.78, 5) is 11.1. The Bertz CT molecular complexity index is 783. The average Bonchev–Trinajstić information content (AvgIpc) is 2.51. The van der Waals surface area contributed by atoms with Crippen LogP contribution in [-0.2, 0) is 19.6 Å². The largest absolute Gasteiger partial charge is 0.466 e. The normalized spacial score (nSPS) is 14.4. The molecule has 0 radical (unpaired) electrons. The van der Waals surface area contributed by atoms with E-state index in [4.69, 9.17) is 0 Å². The lowest BCUT2D eigenvalue weighted by atomic mass is 10.2. The van der Waals surface area contributed by atoms with Gasteiger partial charge in [0.1, 0.15) is 5.25 Å². The summed E-state index contributed by atoms with van der Waals surface area (Å²) in [5.41, 5.74) is -0.599. The summed E-state index contributed by atoms with van der Waals surface area (Å²) in [6.45, 7) is 2.10. The topological polar surface area (TPSA) is 72.5 Å². The van der Waals surface area contributed by atoms with Gasteiger partial charge in [0.05, 0.1) is 7.11 Å².